The lowest BCUT2D eigenvalue weighted by atomic mass is 10.9. The van der Waals surface area contributed by atoms with Crippen molar-refractivity contribution in [2.75, 3.05) is 6.16 Å². The van der Waals surface area contributed by atoms with Crippen molar-refractivity contribution in [2.24, 2.45) is 0 Å². The Kier molecular flexibility index (Phi) is 4.86. The summed E-state index contributed by atoms with van der Waals surface area (Å²) in [5, 5.41) is 0. The van der Waals surface area contributed by atoms with Crippen LogP contribution in [0.2, 0.25) is 0 Å². The van der Waals surface area contributed by atoms with E-state index in [-0.39, 0.29) is 5.97 Å². The van der Waals surface area contributed by atoms with Gasteiger partial charge in [0.1, 0.15) is 0 Å². The largest absolute Gasteiger partial charge is 0.434 e. The molecule has 0 aromatic heterocycles. The third kappa shape index (κ3) is 4.78. The zero-order chi connectivity index (χ0) is 6.57. The van der Waals surface area contributed by atoms with Crippen LogP contribution in [0.3, 0.4) is 0 Å². The van der Waals surface area contributed by atoms with Crippen LogP contribution in [0, 0.1) is 0 Å². The molecule has 0 bridgehead atoms. The van der Waals surface area contributed by atoms with Crippen molar-refractivity contribution in [1.29, 1.82) is 0 Å². The molecule has 0 rings (SSSR count). The van der Waals surface area contributed by atoms with E-state index < -0.39 is 5.79 Å². The van der Waals surface area contributed by atoms with E-state index in [1.54, 1.807) is 0 Å². The van der Waals surface area contributed by atoms with Crippen LogP contribution in [0.5, 0.6) is 0 Å². The molecular weight excluding hydrogens is 238 g/mol. The van der Waals surface area contributed by atoms with Gasteiger partial charge >= 0.3 is 5.97 Å². The maximum absolute atomic E-state index is 10.2. The first-order chi connectivity index (χ1) is 3.66. The van der Waals surface area contributed by atoms with E-state index in [1.165, 1.54) is 6.92 Å². The van der Waals surface area contributed by atoms with Gasteiger partial charge in [-0.05, 0) is 22.0 Å². The molecule has 8 heavy (non-hydrogen) atoms. The molecule has 0 heterocycles. The second kappa shape index (κ2) is 4.50. The molecule has 0 saturated heterocycles. The lowest BCUT2D eigenvalue weighted by Gasteiger charge is -2.03. The number of halogens is 1. The Balaban J connectivity index is 3.24. The average molecular weight is 246 g/mol. The van der Waals surface area contributed by atoms with Crippen LogP contribution in [-0.2, 0) is 9.32 Å². The van der Waals surface area contributed by atoms with E-state index in [2.05, 4.69) is 22.0 Å². The van der Waals surface area contributed by atoms with Gasteiger partial charge in [-0.15, -0.1) is 0 Å². The fraction of sp³-hybridized carbons (Fsp3) is 0.750. The number of rotatable bonds is 2. The fourth-order valence-electron chi connectivity index (χ4n) is 0.204. The molecule has 0 aliphatic rings. The number of hydrogen-bond donors (Lipinski definition) is 0. The molecule has 0 saturated carbocycles. The third-order valence-electron chi connectivity index (χ3n) is 0.476. The zero-order valence-corrected chi connectivity index (χ0v) is 7.90. The smallest absolute Gasteiger partial charge is 0.306 e. The van der Waals surface area contributed by atoms with Crippen LogP contribution in [0.4, 0.5) is 0 Å². The molecule has 2 nitrogen and oxygen atoms in total. The highest BCUT2D eigenvalue weighted by atomic mass is 127. The number of hydrogen-bond acceptors (Lipinski definition) is 2. The topological polar surface area (TPSA) is 26.3 Å². The van der Waals surface area contributed by atoms with E-state index in [0.717, 1.165) is 6.16 Å². The van der Waals surface area contributed by atoms with Crippen LogP contribution >= 0.6 is 27.8 Å². The van der Waals surface area contributed by atoms with Gasteiger partial charge in [-0.2, -0.15) is 0 Å². The monoisotopic (exact) mass is 246 g/mol. The van der Waals surface area contributed by atoms with Crippen molar-refractivity contribution >= 4 is 33.8 Å². The molecule has 0 aromatic carbocycles. The second-order valence-corrected chi connectivity index (χ2v) is 5.90. The quantitative estimate of drug-likeness (QED) is 0.552. The van der Waals surface area contributed by atoms with Crippen molar-refractivity contribution < 1.29 is 9.32 Å². The molecule has 4 heteroatoms. The van der Waals surface area contributed by atoms with Crippen molar-refractivity contribution in [1.82, 2.24) is 0 Å². The number of carbonyl (C=O) groups is 1. The molecule has 0 aromatic rings. The van der Waals surface area contributed by atoms with E-state index in [1.807, 2.05) is 6.92 Å². The Hall–Kier alpha value is 0.630. The lowest BCUT2D eigenvalue weighted by molar-refractivity contribution is -0.130. The molecule has 1 unspecified atom stereocenters. The second-order valence-electron chi connectivity index (χ2n) is 1.22. The Morgan fingerprint density at radius 1 is 1.88 bits per heavy atom. The first-order valence-corrected chi connectivity index (χ1v) is 6.51. The minimum absolute atomic E-state index is 0.174. The zero-order valence-electron chi connectivity index (χ0n) is 4.85. The molecule has 0 radical (unpaired) electrons. The van der Waals surface area contributed by atoms with Crippen LogP contribution in [-0.4, -0.2) is 12.1 Å². The molecule has 0 N–H and O–H groups in total. The lowest BCUT2D eigenvalue weighted by Crippen LogP contribution is -1.90. The third-order valence-corrected chi connectivity index (χ3v) is 4.07. The highest BCUT2D eigenvalue weighted by Gasteiger charge is 2.01. The van der Waals surface area contributed by atoms with E-state index >= 15 is 0 Å². The van der Waals surface area contributed by atoms with Crippen molar-refractivity contribution in [3.8, 4) is 0 Å². The first-order valence-electron chi connectivity index (χ1n) is 2.28. The predicted molar refractivity (Wildman–Crippen MR) is 43.2 cm³/mol. The fourth-order valence-corrected chi connectivity index (χ4v) is 1.44. The van der Waals surface area contributed by atoms with Crippen LogP contribution in [0.25, 0.3) is 0 Å². The predicted octanol–water partition coefficient (Wildman–Crippen LogP) is 2.32. The summed E-state index contributed by atoms with van der Waals surface area (Å²) in [6.45, 7) is 3.44. The molecule has 0 aliphatic carbocycles. The Bertz CT molecular complexity index is 86.1. The standard InChI is InChI=1S/C4H8IO2P/c1-3-8(5)7-4(2)6/h3H2,1-2H3. The SMILES string of the molecule is CCP(I)OC(C)=O. The van der Waals surface area contributed by atoms with Crippen molar-refractivity contribution in [3.05, 3.63) is 0 Å². The minimum Gasteiger partial charge on any atom is -0.434 e. The van der Waals surface area contributed by atoms with Gasteiger partial charge < -0.3 is 4.52 Å². The van der Waals surface area contributed by atoms with Gasteiger partial charge in [0.15, 0.2) is 5.79 Å². The summed E-state index contributed by atoms with van der Waals surface area (Å²) in [4.78, 5) is 10.2. The average Bonchev–Trinajstić information content (AvgIpc) is 1.65. The van der Waals surface area contributed by atoms with E-state index in [0.29, 0.717) is 0 Å². The summed E-state index contributed by atoms with van der Waals surface area (Å²) in [7, 11) is 0. The number of carbonyl (C=O) groups excluding carboxylic acids is 1. The van der Waals surface area contributed by atoms with Crippen LogP contribution in [0.1, 0.15) is 13.8 Å². The molecule has 0 aliphatic heterocycles. The van der Waals surface area contributed by atoms with Crippen molar-refractivity contribution in [3.63, 3.8) is 0 Å². The molecule has 48 valence electrons. The minimum atomic E-state index is -0.497. The summed E-state index contributed by atoms with van der Waals surface area (Å²) in [6.07, 6.45) is 0.940. The summed E-state index contributed by atoms with van der Waals surface area (Å²) in [5.74, 6) is -0.671. The normalized spacial score (nSPS) is 12.9. The Morgan fingerprint density at radius 2 is 2.38 bits per heavy atom. The Labute approximate surface area is 63.3 Å². The van der Waals surface area contributed by atoms with Crippen LogP contribution in [0.15, 0.2) is 0 Å². The highest BCUT2D eigenvalue weighted by molar-refractivity contribution is 14.2. The maximum atomic E-state index is 10.2. The summed E-state index contributed by atoms with van der Waals surface area (Å²) < 4.78 is 4.81. The molecule has 0 amide bonds. The molecule has 0 fully saturated rings. The summed E-state index contributed by atoms with van der Waals surface area (Å²) in [5.41, 5.74) is 0. The highest BCUT2D eigenvalue weighted by Crippen LogP contribution is 2.45. The van der Waals surface area contributed by atoms with E-state index in [4.69, 9.17) is 4.52 Å². The van der Waals surface area contributed by atoms with Gasteiger partial charge in [0, 0.05) is 13.1 Å². The van der Waals surface area contributed by atoms with Crippen LogP contribution < -0.4 is 0 Å². The molecule has 0 spiro atoms. The molecular formula is C4H8IO2P. The molecule has 1 atom stereocenters. The van der Waals surface area contributed by atoms with Crippen molar-refractivity contribution in [2.45, 2.75) is 13.8 Å². The maximum Gasteiger partial charge on any atom is 0.306 e. The Morgan fingerprint density at radius 3 is 2.50 bits per heavy atom. The van der Waals surface area contributed by atoms with Gasteiger partial charge in [-0.25, -0.2) is 0 Å². The van der Waals surface area contributed by atoms with Gasteiger partial charge in [0.05, 0.1) is 0 Å². The summed E-state index contributed by atoms with van der Waals surface area (Å²) >= 11 is 2.14. The van der Waals surface area contributed by atoms with Gasteiger partial charge in [-0.3, -0.25) is 4.79 Å². The van der Waals surface area contributed by atoms with E-state index in [9.17, 15) is 4.79 Å². The van der Waals surface area contributed by atoms with Gasteiger partial charge in [0.2, 0.25) is 0 Å². The van der Waals surface area contributed by atoms with Gasteiger partial charge in [0.25, 0.3) is 0 Å². The first kappa shape index (κ1) is 8.63. The summed E-state index contributed by atoms with van der Waals surface area (Å²) in [6, 6.07) is 0. The van der Waals surface area contributed by atoms with Gasteiger partial charge in [-0.1, -0.05) is 6.92 Å².